The number of benzene rings is 1. The largest absolute Gasteiger partial charge is 0.383 e. The molecule has 24 heavy (non-hydrogen) atoms. The van der Waals surface area contributed by atoms with Crippen LogP contribution in [0.15, 0.2) is 40.3 Å². The summed E-state index contributed by atoms with van der Waals surface area (Å²) in [5.41, 5.74) is 6.35. The van der Waals surface area contributed by atoms with Crippen molar-refractivity contribution >= 4 is 35.0 Å². The SMILES string of the molecule is Nc1cc(=O)[nH]c(SCC(=O)c2ccc(NC(=O)C3CC3)cc2)n1. The van der Waals surface area contributed by atoms with Gasteiger partial charge >= 0.3 is 0 Å². The fourth-order valence-corrected chi connectivity index (χ4v) is 2.85. The summed E-state index contributed by atoms with van der Waals surface area (Å²) in [4.78, 5) is 41.6. The Kier molecular flexibility index (Phi) is 4.66. The van der Waals surface area contributed by atoms with Gasteiger partial charge in [-0.15, -0.1) is 0 Å². The van der Waals surface area contributed by atoms with Crippen LogP contribution in [-0.2, 0) is 4.79 Å². The predicted molar refractivity (Wildman–Crippen MR) is 92.1 cm³/mol. The van der Waals surface area contributed by atoms with Crippen LogP contribution in [-0.4, -0.2) is 27.4 Å². The van der Waals surface area contributed by atoms with Crippen LogP contribution in [0.1, 0.15) is 23.2 Å². The summed E-state index contributed by atoms with van der Waals surface area (Å²) in [6.07, 6.45) is 1.89. The van der Waals surface area contributed by atoms with E-state index in [-0.39, 0.29) is 34.7 Å². The Morgan fingerprint density at radius 1 is 1.29 bits per heavy atom. The maximum atomic E-state index is 12.2. The third-order valence-electron chi connectivity index (χ3n) is 3.50. The highest BCUT2D eigenvalue weighted by Gasteiger charge is 2.29. The number of nitrogens with zero attached hydrogens (tertiary/aromatic N) is 1. The quantitative estimate of drug-likeness (QED) is 0.417. The number of carbonyl (C=O) groups excluding carboxylic acids is 2. The number of aromatic nitrogens is 2. The standard InChI is InChI=1S/C16H16N4O3S/c17-13-7-14(22)20-16(19-13)24-8-12(21)9-3-5-11(6-4-9)18-15(23)10-1-2-10/h3-7,10H,1-2,8H2,(H,18,23)(H3,17,19,20,22). The summed E-state index contributed by atoms with van der Waals surface area (Å²) < 4.78 is 0. The molecular formula is C16H16N4O3S. The van der Waals surface area contributed by atoms with E-state index in [9.17, 15) is 14.4 Å². The zero-order valence-corrected chi connectivity index (χ0v) is 13.6. The molecule has 1 aliphatic carbocycles. The lowest BCUT2D eigenvalue weighted by atomic mass is 10.1. The molecule has 1 amide bonds. The average molecular weight is 344 g/mol. The first kappa shape index (κ1) is 16.3. The monoisotopic (exact) mass is 344 g/mol. The van der Waals surface area contributed by atoms with Crippen molar-refractivity contribution in [2.75, 3.05) is 16.8 Å². The summed E-state index contributed by atoms with van der Waals surface area (Å²) in [5.74, 6) is 0.298. The van der Waals surface area contributed by atoms with Crippen LogP contribution < -0.4 is 16.6 Å². The van der Waals surface area contributed by atoms with Gasteiger partial charge in [0.2, 0.25) is 5.91 Å². The maximum Gasteiger partial charge on any atom is 0.253 e. The van der Waals surface area contributed by atoms with Gasteiger partial charge in [0.25, 0.3) is 5.56 Å². The number of aromatic amines is 1. The second-order valence-electron chi connectivity index (χ2n) is 5.53. The molecule has 8 heteroatoms. The molecule has 0 spiro atoms. The molecule has 0 atom stereocenters. The van der Waals surface area contributed by atoms with Crippen molar-refractivity contribution in [1.82, 2.24) is 9.97 Å². The number of nitrogens with one attached hydrogen (secondary N) is 2. The van der Waals surface area contributed by atoms with Gasteiger partial charge in [0, 0.05) is 23.2 Å². The van der Waals surface area contributed by atoms with Gasteiger partial charge in [0.05, 0.1) is 5.75 Å². The van der Waals surface area contributed by atoms with Crippen LogP contribution in [0.2, 0.25) is 0 Å². The Morgan fingerprint density at radius 2 is 2.00 bits per heavy atom. The lowest BCUT2D eigenvalue weighted by Crippen LogP contribution is -2.13. The van der Waals surface area contributed by atoms with Gasteiger partial charge in [-0.25, -0.2) is 4.98 Å². The number of ketones is 1. The number of H-pyrrole nitrogens is 1. The molecule has 1 saturated carbocycles. The number of Topliss-reactive ketones (excluding diaryl/α,β-unsaturated/α-hetero) is 1. The summed E-state index contributed by atoms with van der Waals surface area (Å²) in [6, 6.07) is 7.93. The summed E-state index contributed by atoms with van der Waals surface area (Å²) in [7, 11) is 0. The van der Waals surface area contributed by atoms with E-state index in [1.165, 1.54) is 6.07 Å². The highest BCUT2D eigenvalue weighted by atomic mass is 32.2. The van der Waals surface area contributed by atoms with Crippen LogP contribution in [0, 0.1) is 5.92 Å². The van der Waals surface area contributed by atoms with Gasteiger partial charge < -0.3 is 16.0 Å². The highest BCUT2D eigenvalue weighted by molar-refractivity contribution is 7.99. The van der Waals surface area contributed by atoms with Gasteiger partial charge in [0.15, 0.2) is 10.9 Å². The number of anilines is 2. The minimum Gasteiger partial charge on any atom is -0.383 e. The zero-order chi connectivity index (χ0) is 17.1. The molecule has 3 rings (SSSR count). The number of hydrogen-bond donors (Lipinski definition) is 3. The Balaban J connectivity index is 1.58. The van der Waals surface area contributed by atoms with Crippen molar-refractivity contribution in [2.45, 2.75) is 18.0 Å². The van der Waals surface area contributed by atoms with Gasteiger partial charge in [-0.05, 0) is 37.1 Å². The normalized spacial score (nSPS) is 13.5. The van der Waals surface area contributed by atoms with E-state index in [2.05, 4.69) is 15.3 Å². The molecule has 1 heterocycles. The molecule has 0 radical (unpaired) electrons. The van der Waals surface area contributed by atoms with Crippen molar-refractivity contribution < 1.29 is 9.59 Å². The first-order valence-electron chi connectivity index (χ1n) is 7.45. The molecule has 1 aromatic heterocycles. The molecule has 4 N–H and O–H groups in total. The molecule has 2 aromatic rings. The molecule has 0 saturated heterocycles. The van der Waals surface area contributed by atoms with E-state index < -0.39 is 0 Å². The van der Waals surface area contributed by atoms with Crippen LogP contribution in [0.3, 0.4) is 0 Å². The second-order valence-corrected chi connectivity index (χ2v) is 6.49. The van der Waals surface area contributed by atoms with Crippen molar-refractivity contribution in [3.63, 3.8) is 0 Å². The van der Waals surface area contributed by atoms with Gasteiger partial charge in [-0.1, -0.05) is 11.8 Å². The van der Waals surface area contributed by atoms with E-state index >= 15 is 0 Å². The van der Waals surface area contributed by atoms with Crippen molar-refractivity contribution in [1.29, 1.82) is 0 Å². The van der Waals surface area contributed by atoms with Crippen molar-refractivity contribution in [3.8, 4) is 0 Å². The molecule has 0 bridgehead atoms. The fourth-order valence-electron chi connectivity index (χ4n) is 2.07. The molecule has 1 aliphatic rings. The van der Waals surface area contributed by atoms with Crippen LogP contribution >= 0.6 is 11.8 Å². The molecule has 0 aliphatic heterocycles. The van der Waals surface area contributed by atoms with E-state index in [4.69, 9.17) is 5.73 Å². The first-order chi connectivity index (χ1) is 11.5. The Labute approximate surface area is 142 Å². The molecular weight excluding hydrogens is 328 g/mol. The third kappa shape index (κ3) is 4.23. The zero-order valence-electron chi connectivity index (χ0n) is 12.7. The van der Waals surface area contributed by atoms with E-state index in [1.807, 2.05) is 0 Å². The second kappa shape index (κ2) is 6.88. The number of nitrogen functional groups attached to an aromatic ring is 1. The summed E-state index contributed by atoms with van der Waals surface area (Å²) >= 11 is 1.11. The fraction of sp³-hybridized carbons (Fsp3) is 0.250. The molecule has 0 unspecified atom stereocenters. The van der Waals surface area contributed by atoms with E-state index in [1.54, 1.807) is 24.3 Å². The van der Waals surface area contributed by atoms with Crippen LogP contribution in [0.4, 0.5) is 11.5 Å². The number of carbonyl (C=O) groups is 2. The Bertz CT molecular complexity index is 828. The van der Waals surface area contributed by atoms with Gasteiger partial charge in [-0.3, -0.25) is 14.4 Å². The van der Waals surface area contributed by atoms with Gasteiger partial charge in [-0.2, -0.15) is 0 Å². The number of thioether (sulfide) groups is 1. The summed E-state index contributed by atoms with van der Waals surface area (Å²) in [5, 5.41) is 3.13. The number of hydrogen-bond acceptors (Lipinski definition) is 6. The van der Waals surface area contributed by atoms with Crippen molar-refractivity contribution in [3.05, 3.63) is 46.2 Å². The minimum absolute atomic E-state index is 0.0290. The topological polar surface area (TPSA) is 118 Å². The molecule has 1 fully saturated rings. The predicted octanol–water partition coefficient (Wildman–Crippen LogP) is 1.68. The van der Waals surface area contributed by atoms with E-state index in [0.29, 0.717) is 16.4 Å². The first-order valence-corrected chi connectivity index (χ1v) is 8.43. The number of nitrogens with two attached hydrogens (primary N) is 1. The lowest BCUT2D eigenvalue weighted by molar-refractivity contribution is -0.117. The molecule has 7 nitrogen and oxygen atoms in total. The van der Waals surface area contributed by atoms with Gasteiger partial charge in [0.1, 0.15) is 5.82 Å². The van der Waals surface area contributed by atoms with Crippen molar-refractivity contribution in [2.24, 2.45) is 5.92 Å². The number of amides is 1. The van der Waals surface area contributed by atoms with E-state index in [0.717, 1.165) is 24.6 Å². The Morgan fingerprint density at radius 3 is 2.62 bits per heavy atom. The summed E-state index contributed by atoms with van der Waals surface area (Å²) in [6.45, 7) is 0. The number of rotatable bonds is 6. The molecule has 1 aromatic carbocycles. The third-order valence-corrected chi connectivity index (χ3v) is 4.38. The average Bonchev–Trinajstić information content (AvgIpc) is 3.37. The smallest absolute Gasteiger partial charge is 0.253 e. The van der Waals surface area contributed by atoms with Crippen LogP contribution in [0.25, 0.3) is 0 Å². The minimum atomic E-state index is -0.354. The maximum absolute atomic E-state index is 12.2. The highest BCUT2D eigenvalue weighted by Crippen LogP contribution is 2.30. The van der Waals surface area contributed by atoms with Crippen LogP contribution in [0.5, 0.6) is 0 Å². The Hall–Kier alpha value is -2.61. The lowest BCUT2D eigenvalue weighted by Gasteiger charge is -2.06. The molecule has 124 valence electrons.